The summed E-state index contributed by atoms with van der Waals surface area (Å²) in [7, 11) is 0. The van der Waals surface area contributed by atoms with Gasteiger partial charge in [-0.15, -0.1) is 36.2 Å². The zero-order chi connectivity index (χ0) is 12.8. The van der Waals surface area contributed by atoms with Crippen molar-refractivity contribution in [3.05, 3.63) is 16.1 Å². The number of hydrogen-bond donors (Lipinski definition) is 1. The van der Waals surface area contributed by atoms with Gasteiger partial charge in [-0.2, -0.15) is 0 Å². The third-order valence-electron chi connectivity index (χ3n) is 3.49. The number of rotatable bonds is 7. The molecule has 1 fully saturated rings. The minimum atomic E-state index is 0. The Kier molecular flexibility index (Phi) is 10.9. The highest BCUT2D eigenvalue weighted by molar-refractivity contribution is 7.09. The Hall–Kier alpha value is 0.130. The molecule has 0 aromatic carbocycles. The van der Waals surface area contributed by atoms with Crippen molar-refractivity contribution in [2.24, 2.45) is 0 Å². The van der Waals surface area contributed by atoms with E-state index in [1.807, 2.05) is 11.3 Å². The van der Waals surface area contributed by atoms with Gasteiger partial charge in [0.15, 0.2) is 0 Å². The Morgan fingerprint density at radius 2 is 2.15 bits per heavy atom. The molecule has 1 unspecified atom stereocenters. The first-order valence-corrected chi connectivity index (χ1v) is 8.09. The van der Waals surface area contributed by atoms with Crippen LogP contribution in [0.5, 0.6) is 0 Å². The Morgan fingerprint density at radius 3 is 2.75 bits per heavy atom. The van der Waals surface area contributed by atoms with Crippen LogP contribution in [0.3, 0.4) is 0 Å². The molecule has 118 valence electrons. The van der Waals surface area contributed by atoms with Crippen LogP contribution >= 0.6 is 36.2 Å². The monoisotopic (exact) mass is 339 g/mol. The Bertz CT molecular complexity index is 354. The molecule has 0 radical (unpaired) electrons. The molecule has 0 saturated carbocycles. The van der Waals surface area contributed by atoms with Gasteiger partial charge in [-0.25, -0.2) is 4.98 Å². The number of nitrogens with zero attached hydrogens (tertiary/aromatic N) is 2. The number of thiazole rings is 1. The van der Waals surface area contributed by atoms with Crippen LogP contribution in [-0.2, 0) is 13.0 Å². The predicted molar refractivity (Wildman–Crippen MR) is 92.6 cm³/mol. The van der Waals surface area contributed by atoms with Gasteiger partial charge in [-0.3, -0.25) is 4.90 Å². The summed E-state index contributed by atoms with van der Waals surface area (Å²) in [5.74, 6) is 0. The minimum absolute atomic E-state index is 0. The van der Waals surface area contributed by atoms with Crippen molar-refractivity contribution in [2.45, 2.75) is 52.1 Å². The van der Waals surface area contributed by atoms with E-state index in [1.54, 1.807) is 0 Å². The molecule has 2 rings (SSSR count). The summed E-state index contributed by atoms with van der Waals surface area (Å²) in [5.41, 5.74) is 1.27. The van der Waals surface area contributed by atoms with E-state index in [4.69, 9.17) is 4.98 Å². The van der Waals surface area contributed by atoms with Crippen molar-refractivity contribution in [3.63, 3.8) is 0 Å². The molecule has 0 aliphatic carbocycles. The molecule has 6 heteroatoms. The molecule has 20 heavy (non-hydrogen) atoms. The highest BCUT2D eigenvalue weighted by Crippen LogP contribution is 2.17. The molecule has 0 bridgehead atoms. The molecular weight excluding hydrogens is 313 g/mol. The van der Waals surface area contributed by atoms with E-state index in [-0.39, 0.29) is 24.8 Å². The molecule has 1 aromatic heterocycles. The summed E-state index contributed by atoms with van der Waals surface area (Å²) in [4.78, 5) is 7.35. The maximum atomic E-state index is 4.75. The van der Waals surface area contributed by atoms with Gasteiger partial charge in [0.25, 0.3) is 0 Å². The smallest absolute Gasteiger partial charge is 0.0928 e. The van der Waals surface area contributed by atoms with E-state index in [9.17, 15) is 0 Å². The Balaban J connectivity index is 0.00000180. The molecule has 1 saturated heterocycles. The number of nitrogens with one attached hydrogen (secondary N) is 1. The van der Waals surface area contributed by atoms with Crippen molar-refractivity contribution in [2.75, 3.05) is 19.6 Å². The van der Waals surface area contributed by atoms with E-state index in [2.05, 4.69) is 29.4 Å². The van der Waals surface area contributed by atoms with Gasteiger partial charge < -0.3 is 5.32 Å². The molecule has 2 heterocycles. The highest BCUT2D eigenvalue weighted by atomic mass is 35.5. The topological polar surface area (TPSA) is 28.2 Å². The molecule has 3 nitrogen and oxygen atoms in total. The van der Waals surface area contributed by atoms with Crippen LogP contribution < -0.4 is 5.32 Å². The van der Waals surface area contributed by atoms with Crippen molar-refractivity contribution < 1.29 is 0 Å². The lowest BCUT2D eigenvalue weighted by atomic mass is 10.2. The van der Waals surface area contributed by atoms with Crippen molar-refractivity contribution >= 4 is 36.2 Å². The second-order valence-electron chi connectivity index (χ2n) is 5.10. The minimum Gasteiger partial charge on any atom is -0.315 e. The first-order chi connectivity index (χ1) is 8.83. The van der Waals surface area contributed by atoms with Crippen molar-refractivity contribution in [3.8, 4) is 0 Å². The first kappa shape index (κ1) is 20.1. The molecule has 0 spiro atoms. The van der Waals surface area contributed by atoms with E-state index in [1.165, 1.54) is 43.1 Å². The maximum Gasteiger partial charge on any atom is 0.0928 e. The van der Waals surface area contributed by atoms with E-state index < -0.39 is 0 Å². The lowest BCUT2D eigenvalue weighted by Crippen LogP contribution is -2.37. The van der Waals surface area contributed by atoms with Crippen molar-refractivity contribution in [1.82, 2.24) is 15.2 Å². The maximum absolute atomic E-state index is 4.75. The molecule has 1 atom stereocenters. The summed E-state index contributed by atoms with van der Waals surface area (Å²) >= 11 is 1.82. The van der Waals surface area contributed by atoms with Crippen LogP contribution in [0, 0.1) is 0 Å². The summed E-state index contributed by atoms with van der Waals surface area (Å²) in [6.45, 7) is 9.01. The Labute approximate surface area is 139 Å². The number of aryl methyl sites for hydroxylation is 1. The number of halogens is 2. The van der Waals surface area contributed by atoms with E-state index >= 15 is 0 Å². The van der Waals surface area contributed by atoms with Crippen LogP contribution in [0.25, 0.3) is 0 Å². The van der Waals surface area contributed by atoms with Gasteiger partial charge in [-0.1, -0.05) is 13.8 Å². The second kappa shape index (κ2) is 10.8. The fourth-order valence-electron chi connectivity index (χ4n) is 2.59. The lowest BCUT2D eigenvalue weighted by molar-refractivity contribution is 0.197. The van der Waals surface area contributed by atoms with Gasteiger partial charge in [0.1, 0.15) is 0 Å². The largest absolute Gasteiger partial charge is 0.315 e. The normalized spacial score (nSPS) is 17.9. The van der Waals surface area contributed by atoms with Crippen LogP contribution in [0.2, 0.25) is 0 Å². The van der Waals surface area contributed by atoms with Gasteiger partial charge in [0.05, 0.1) is 10.7 Å². The van der Waals surface area contributed by atoms with E-state index in [0.717, 1.165) is 19.5 Å². The van der Waals surface area contributed by atoms with Crippen LogP contribution in [-0.4, -0.2) is 35.6 Å². The fourth-order valence-corrected chi connectivity index (χ4v) is 3.48. The van der Waals surface area contributed by atoms with Crippen molar-refractivity contribution in [1.29, 1.82) is 0 Å². The third-order valence-corrected chi connectivity index (χ3v) is 4.45. The van der Waals surface area contributed by atoms with Gasteiger partial charge in [0.2, 0.25) is 0 Å². The standard InChI is InChI=1S/C14H25N3S.2ClH/c1-3-5-14-16-12(11-18-14)10-17(8-4-2)13-6-7-15-9-13;;/h11,13,15H,3-10H2,1-2H3;2*1H. The van der Waals surface area contributed by atoms with Crippen LogP contribution in [0.15, 0.2) is 5.38 Å². The first-order valence-electron chi connectivity index (χ1n) is 7.21. The number of hydrogen-bond acceptors (Lipinski definition) is 4. The zero-order valence-corrected chi connectivity index (χ0v) is 14.9. The Morgan fingerprint density at radius 1 is 1.35 bits per heavy atom. The molecule has 1 aliphatic rings. The van der Waals surface area contributed by atoms with Gasteiger partial charge in [0, 0.05) is 24.5 Å². The molecular formula is C14H27Cl2N3S. The number of aromatic nitrogens is 1. The second-order valence-corrected chi connectivity index (χ2v) is 6.04. The van der Waals surface area contributed by atoms with E-state index in [0.29, 0.717) is 6.04 Å². The summed E-state index contributed by atoms with van der Waals surface area (Å²) in [5, 5.41) is 7.01. The fraction of sp³-hybridized carbons (Fsp3) is 0.786. The summed E-state index contributed by atoms with van der Waals surface area (Å²) in [6, 6.07) is 0.710. The quantitative estimate of drug-likeness (QED) is 0.823. The van der Waals surface area contributed by atoms with Crippen LogP contribution in [0.4, 0.5) is 0 Å². The van der Waals surface area contributed by atoms with Crippen LogP contribution in [0.1, 0.15) is 43.8 Å². The van der Waals surface area contributed by atoms with Gasteiger partial charge >= 0.3 is 0 Å². The highest BCUT2D eigenvalue weighted by Gasteiger charge is 2.22. The lowest BCUT2D eigenvalue weighted by Gasteiger charge is -2.27. The van der Waals surface area contributed by atoms with Gasteiger partial charge in [-0.05, 0) is 38.8 Å². The third kappa shape index (κ3) is 5.86. The average Bonchev–Trinajstić information content (AvgIpc) is 3.00. The summed E-state index contributed by atoms with van der Waals surface area (Å²) < 4.78 is 0. The summed E-state index contributed by atoms with van der Waals surface area (Å²) in [6.07, 6.45) is 4.83. The molecule has 0 amide bonds. The average molecular weight is 340 g/mol. The molecule has 1 aromatic rings. The molecule has 1 aliphatic heterocycles. The SMILES string of the molecule is CCCc1nc(CN(CCC)C2CCNC2)cs1.Cl.Cl. The zero-order valence-electron chi connectivity index (χ0n) is 12.4. The predicted octanol–water partition coefficient (Wildman–Crippen LogP) is 3.51. The molecule has 1 N–H and O–H groups in total.